The Balaban J connectivity index is 2.87. The van der Waals surface area contributed by atoms with Gasteiger partial charge in [-0.05, 0) is 31.0 Å². The third kappa shape index (κ3) is 2.70. The zero-order valence-corrected chi connectivity index (χ0v) is 8.75. The van der Waals surface area contributed by atoms with Gasteiger partial charge in [0.15, 0.2) is 0 Å². The average Bonchev–Trinajstić information content (AvgIpc) is 2.16. The molecular weight excluding hydrogens is 202 g/mol. The quantitative estimate of drug-likeness (QED) is 0.713. The van der Waals surface area contributed by atoms with Crippen LogP contribution in [0.25, 0.3) is 0 Å². The van der Waals surface area contributed by atoms with Gasteiger partial charge in [0.1, 0.15) is 0 Å². The molecule has 4 heteroatoms. The molecule has 76 valence electrons. The Labute approximate surface area is 87.3 Å². The number of rotatable bonds is 4. The van der Waals surface area contributed by atoms with Gasteiger partial charge in [-0.15, -0.1) is 0 Å². The molecule has 0 saturated carbocycles. The molecule has 0 aliphatic carbocycles. The molecule has 0 aromatic carbocycles. The van der Waals surface area contributed by atoms with E-state index in [1.165, 1.54) is 0 Å². The molecule has 1 aromatic heterocycles. The van der Waals surface area contributed by atoms with Gasteiger partial charge in [-0.1, -0.05) is 6.07 Å². The van der Waals surface area contributed by atoms with Gasteiger partial charge in [-0.2, -0.15) is 0 Å². The Morgan fingerprint density at radius 1 is 1.57 bits per heavy atom. The van der Waals surface area contributed by atoms with Gasteiger partial charge >= 0.3 is 0 Å². The summed E-state index contributed by atoms with van der Waals surface area (Å²) >= 11 is 5.21. The lowest BCUT2D eigenvalue weighted by atomic mass is 10.1. The molecule has 0 radical (unpaired) electrons. The molecule has 0 N–H and O–H groups in total. The summed E-state index contributed by atoms with van der Waals surface area (Å²) in [7, 11) is 0. The van der Waals surface area contributed by atoms with E-state index in [4.69, 9.17) is 11.6 Å². The van der Waals surface area contributed by atoms with Crippen LogP contribution < -0.4 is 5.56 Å². The van der Waals surface area contributed by atoms with E-state index in [0.717, 1.165) is 0 Å². The van der Waals surface area contributed by atoms with Gasteiger partial charge in [0.05, 0.1) is 0 Å². The van der Waals surface area contributed by atoms with Crippen molar-refractivity contribution in [2.75, 3.05) is 0 Å². The van der Waals surface area contributed by atoms with Crippen LogP contribution in [0.1, 0.15) is 18.9 Å². The highest BCUT2D eigenvalue weighted by Crippen LogP contribution is 1.99. The second-order valence-corrected chi connectivity index (χ2v) is 3.40. The van der Waals surface area contributed by atoms with Crippen molar-refractivity contribution in [2.24, 2.45) is 0 Å². The number of halogens is 1. The summed E-state index contributed by atoms with van der Waals surface area (Å²) in [6.45, 7) is 2.54. The molecule has 0 aliphatic heterocycles. The zero-order valence-electron chi connectivity index (χ0n) is 8.00. The van der Waals surface area contributed by atoms with E-state index < -0.39 is 5.24 Å². The monoisotopic (exact) mass is 213 g/mol. The maximum atomic E-state index is 11.6. The normalized spacial score (nSPS) is 10.1. The van der Waals surface area contributed by atoms with E-state index in [-0.39, 0.29) is 12.0 Å². The molecule has 14 heavy (non-hydrogen) atoms. The summed E-state index contributed by atoms with van der Waals surface area (Å²) in [5.41, 5.74) is 0.608. The predicted octanol–water partition coefficient (Wildman–Crippen LogP) is 1.57. The number of carbonyl (C=O) groups excluding carboxylic acids is 1. The van der Waals surface area contributed by atoms with Gasteiger partial charge in [0.2, 0.25) is 5.24 Å². The van der Waals surface area contributed by atoms with Crippen molar-refractivity contribution in [3.63, 3.8) is 0 Å². The first kappa shape index (κ1) is 11.0. The lowest BCUT2D eigenvalue weighted by Crippen LogP contribution is -2.22. The number of pyridine rings is 1. The fourth-order valence-corrected chi connectivity index (χ4v) is 1.35. The molecule has 0 saturated heterocycles. The zero-order chi connectivity index (χ0) is 10.6. The second-order valence-electron chi connectivity index (χ2n) is 2.98. The fraction of sp³-hybridized carbons (Fsp3) is 0.400. The van der Waals surface area contributed by atoms with Crippen LogP contribution in [0.4, 0.5) is 0 Å². The molecule has 0 fully saturated rings. The predicted molar refractivity (Wildman–Crippen MR) is 55.6 cm³/mol. The fourth-order valence-electron chi connectivity index (χ4n) is 1.26. The summed E-state index contributed by atoms with van der Waals surface area (Å²) in [6, 6.07) is 3.53. The van der Waals surface area contributed by atoms with Crippen LogP contribution in [0.15, 0.2) is 23.1 Å². The van der Waals surface area contributed by atoms with E-state index in [1.807, 2.05) is 6.92 Å². The number of hydrogen-bond acceptors (Lipinski definition) is 2. The maximum absolute atomic E-state index is 11.6. The summed E-state index contributed by atoms with van der Waals surface area (Å²) in [6.07, 6.45) is 2.36. The number of aromatic nitrogens is 1. The van der Waals surface area contributed by atoms with Crippen molar-refractivity contribution in [2.45, 2.75) is 26.3 Å². The molecule has 0 unspecified atom stereocenters. The first-order valence-electron chi connectivity index (χ1n) is 4.51. The topological polar surface area (TPSA) is 39.1 Å². The van der Waals surface area contributed by atoms with E-state index in [1.54, 1.807) is 22.9 Å². The third-order valence-corrected chi connectivity index (χ3v) is 2.22. The molecule has 0 bridgehead atoms. The van der Waals surface area contributed by atoms with Gasteiger partial charge in [0.25, 0.3) is 5.56 Å². The molecule has 0 spiro atoms. The minimum atomic E-state index is -0.406. The lowest BCUT2D eigenvalue weighted by Gasteiger charge is -2.03. The molecule has 1 rings (SSSR count). The summed E-state index contributed by atoms with van der Waals surface area (Å²) in [4.78, 5) is 22.2. The van der Waals surface area contributed by atoms with Crippen molar-refractivity contribution in [1.82, 2.24) is 4.57 Å². The van der Waals surface area contributed by atoms with Crippen LogP contribution in [-0.4, -0.2) is 9.81 Å². The van der Waals surface area contributed by atoms with Crippen molar-refractivity contribution in [3.05, 3.63) is 34.2 Å². The Kier molecular flexibility index (Phi) is 3.89. The van der Waals surface area contributed by atoms with Crippen molar-refractivity contribution in [3.8, 4) is 0 Å². The van der Waals surface area contributed by atoms with Gasteiger partial charge in [-0.25, -0.2) is 0 Å². The van der Waals surface area contributed by atoms with Crippen LogP contribution in [0.2, 0.25) is 0 Å². The standard InChI is InChI=1S/C10H12ClNO2/c1-2-12-7-3-4-8(10(12)14)5-6-9(11)13/h3-4,7H,2,5-6H2,1H3. The summed E-state index contributed by atoms with van der Waals surface area (Å²) < 4.78 is 1.61. The van der Waals surface area contributed by atoms with Crippen molar-refractivity contribution >= 4 is 16.8 Å². The van der Waals surface area contributed by atoms with Crippen LogP contribution >= 0.6 is 11.6 Å². The highest BCUT2D eigenvalue weighted by molar-refractivity contribution is 6.63. The van der Waals surface area contributed by atoms with E-state index in [0.29, 0.717) is 18.5 Å². The highest BCUT2D eigenvalue weighted by atomic mass is 35.5. The van der Waals surface area contributed by atoms with E-state index in [9.17, 15) is 9.59 Å². The molecule has 3 nitrogen and oxygen atoms in total. The first-order valence-corrected chi connectivity index (χ1v) is 4.89. The van der Waals surface area contributed by atoms with E-state index in [2.05, 4.69) is 0 Å². The number of hydrogen-bond donors (Lipinski definition) is 0. The first-order chi connectivity index (χ1) is 6.65. The van der Waals surface area contributed by atoms with Crippen LogP contribution in [0, 0.1) is 0 Å². The molecule has 1 heterocycles. The second kappa shape index (κ2) is 4.96. The van der Waals surface area contributed by atoms with Crippen LogP contribution in [0.3, 0.4) is 0 Å². The SMILES string of the molecule is CCn1cccc(CCC(=O)Cl)c1=O. The Morgan fingerprint density at radius 2 is 2.29 bits per heavy atom. The van der Waals surface area contributed by atoms with Crippen molar-refractivity contribution in [1.29, 1.82) is 0 Å². The largest absolute Gasteiger partial charge is 0.316 e. The molecule has 0 amide bonds. The maximum Gasteiger partial charge on any atom is 0.253 e. The Bertz CT molecular complexity index is 384. The summed E-state index contributed by atoms with van der Waals surface area (Å²) in [5, 5.41) is -0.406. The average molecular weight is 214 g/mol. The Hall–Kier alpha value is -1.09. The van der Waals surface area contributed by atoms with Crippen LogP contribution in [0.5, 0.6) is 0 Å². The minimum Gasteiger partial charge on any atom is -0.316 e. The van der Waals surface area contributed by atoms with E-state index >= 15 is 0 Å². The van der Waals surface area contributed by atoms with Gasteiger partial charge in [-0.3, -0.25) is 9.59 Å². The smallest absolute Gasteiger partial charge is 0.253 e. The Morgan fingerprint density at radius 3 is 2.86 bits per heavy atom. The lowest BCUT2D eigenvalue weighted by molar-refractivity contribution is -0.111. The van der Waals surface area contributed by atoms with Gasteiger partial charge in [0, 0.05) is 24.7 Å². The summed E-state index contributed by atoms with van der Waals surface area (Å²) in [5.74, 6) is 0. The van der Waals surface area contributed by atoms with Crippen molar-refractivity contribution < 1.29 is 4.79 Å². The minimum absolute atomic E-state index is 0.0343. The number of carbonyl (C=O) groups is 1. The van der Waals surface area contributed by atoms with Gasteiger partial charge < -0.3 is 4.57 Å². The number of nitrogens with zero attached hydrogens (tertiary/aromatic N) is 1. The van der Waals surface area contributed by atoms with Crippen LogP contribution in [-0.2, 0) is 17.8 Å². The molecule has 0 atom stereocenters. The third-order valence-electron chi connectivity index (χ3n) is 2.03. The highest BCUT2D eigenvalue weighted by Gasteiger charge is 2.03. The molecule has 1 aromatic rings. The molecular formula is C10H12ClNO2. The molecule has 0 aliphatic rings. The number of aryl methyl sites for hydroxylation is 2.